The van der Waals surface area contributed by atoms with Crippen LogP contribution >= 0.6 is 0 Å². The van der Waals surface area contributed by atoms with Crippen LogP contribution in [-0.4, -0.2) is 10.1 Å². The maximum atomic E-state index is 11.0. The van der Waals surface area contributed by atoms with E-state index in [0.29, 0.717) is 0 Å². The highest BCUT2D eigenvalue weighted by Gasteiger charge is 2.27. The van der Waals surface area contributed by atoms with Gasteiger partial charge < -0.3 is 10.1 Å². The van der Waals surface area contributed by atoms with E-state index in [0.717, 1.165) is 27.6 Å². The van der Waals surface area contributed by atoms with Gasteiger partial charge in [0, 0.05) is 17.1 Å². The molecular formula is C17H17NO. The lowest BCUT2D eigenvalue weighted by Gasteiger charge is -2.25. The number of rotatable bonds is 2. The number of nitrogens with one attached hydrogen (secondary N) is 1. The Balaban J connectivity index is 2.21. The zero-order chi connectivity index (χ0) is 13.5. The first kappa shape index (κ1) is 12.0. The fourth-order valence-corrected chi connectivity index (χ4v) is 2.61. The second-order valence-electron chi connectivity index (χ2n) is 5.19. The van der Waals surface area contributed by atoms with Gasteiger partial charge in [-0.1, -0.05) is 42.0 Å². The molecule has 2 nitrogen and oxygen atoms in total. The largest absolute Gasteiger partial charge is 0.381 e. The van der Waals surface area contributed by atoms with Gasteiger partial charge in [0.2, 0.25) is 0 Å². The minimum atomic E-state index is -0.992. The summed E-state index contributed by atoms with van der Waals surface area (Å²) in [6, 6.07) is 16.0. The normalized spacial score (nSPS) is 14.5. The van der Waals surface area contributed by atoms with Crippen LogP contribution in [0.5, 0.6) is 0 Å². The van der Waals surface area contributed by atoms with Gasteiger partial charge in [0.25, 0.3) is 0 Å². The van der Waals surface area contributed by atoms with Crippen molar-refractivity contribution in [2.45, 2.75) is 19.4 Å². The topological polar surface area (TPSA) is 36.0 Å². The smallest absolute Gasteiger partial charge is 0.112 e. The van der Waals surface area contributed by atoms with Gasteiger partial charge in [0.15, 0.2) is 0 Å². The van der Waals surface area contributed by atoms with Crippen molar-refractivity contribution in [1.82, 2.24) is 4.98 Å². The summed E-state index contributed by atoms with van der Waals surface area (Å²) in [5.41, 5.74) is 3.05. The number of aromatic amines is 1. The number of fused-ring (bicyclic) bond motifs is 1. The van der Waals surface area contributed by atoms with Gasteiger partial charge in [0.05, 0.1) is 0 Å². The van der Waals surface area contributed by atoms with Crippen molar-refractivity contribution in [3.8, 4) is 0 Å². The molecule has 1 atom stereocenters. The molecule has 96 valence electrons. The molecule has 0 saturated carbocycles. The summed E-state index contributed by atoms with van der Waals surface area (Å²) in [5, 5.41) is 12.0. The quantitative estimate of drug-likeness (QED) is 0.715. The van der Waals surface area contributed by atoms with Crippen LogP contribution in [0.3, 0.4) is 0 Å². The molecule has 0 aliphatic rings. The minimum Gasteiger partial charge on any atom is -0.381 e. The molecule has 2 heteroatoms. The highest BCUT2D eigenvalue weighted by molar-refractivity contribution is 5.84. The predicted molar refractivity (Wildman–Crippen MR) is 78.2 cm³/mol. The SMILES string of the molecule is Cc1cccc(C(C)(O)c2cccc3[nH]ccc23)c1. The molecule has 1 unspecified atom stereocenters. The molecule has 3 rings (SSSR count). The zero-order valence-corrected chi connectivity index (χ0v) is 11.1. The van der Waals surface area contributed by atoms with Crippen molar-refractivity contribution in [3.63, 3.8) is 0 Å². The van der Waals surface area contributed by atoms with Crippen LogP contribution in [0.2, 0.25) is 0 Å². The van der Waals surface area contributed by atoms with Crippen LogP contribution in [0.4, 0.5) is 0 Å². The van der Waals surface area contributed by atoms with E-state index in [-0.39, 0.29) is 0 Å². The summed E-state index contributed by atoms with van der Waals surface area (Å²) in [5.74, 6) is 0. The number of aromatic nitrogens is 1. The maximum Gasteiger partial charge on any atom is 0.112 e. The van der Waals surface area contributed by atoms with E-state index in [1.165, 1.54) is 0 Å². The second-order valence-corrected chi connectivity index (χ2v) is 5.19. The maximum absolute atomic E-state index is 11.0. The van der Waals surface area contributed by atoms with Gasteiger partial charge >= 0.3 is 0 Å². The predicted octanol–water partition coefficient (Wildman–Crippen LogP) is 3.73. The molecule has 0 amide bonds. The third-order valence-corrected chi connectivity index (χ3v) is 3.70. The van der Waals surface area contributed by atoms with Crippen molar-refractivity contribution < 1.29 is 5.11 Å². The highest BCUT2D eigenvalue weighted by Crippen LogP contribution is 2.34. The first-order valence-electron chi connectivity index (χ1n) is 6.45. The Bertz CT molecular complexity index is 725. The molecule has 0 aliphatic carbocycles. The number of benzene rings is 2. The van der Waals surface area contributed by atoms with Gasteiger partial charge in [-0.2, -0.15) is 0 Å². The van der Waals surface area contributed by atoms with Crippen molar-refractivity contribution in [3.05, 3.63) is 71.4 Å². The van der Waals surface area contributed by atoms with Crippen LogP contribution < -0.4 is 0 Å². The molecule has 0 bridgehead atoms. The monoisotopic (exact) mass is 251 g/mol. The summed E-state index contributed by atoms with van der Waals surface area (Å²) in [7, 11) is 0. The molecule has 0 radical (unpaired) electrons. The first-order valence-corrected chi connectivity index (χ1v) is 6.45. The number of H-pyrrole nitrogens is 1. The van der Waals surface area contributed by atoms with E-state index in [1.54, 1.807) is 0 Å². The molecule has 1 aromatic heterocycles. The molecule has 0 spiro atoms. The number of aryl methyl sites for hydroxylation is 1. The molecule has 2 aromatic carbocycles. The van der Waals surface area contributed by atoms with Crippen molar-refractivity contribution in [1.29, 1.82) is 0 Å². The summed E-state index contributed by atoms with van der Waals surface area (Å²) in [4.78, 5) is 3.18. The lowest BCUT2D eigenvalue weighted by atomic mass is 9.86. The molecule has 0 fully saturated rings. The van der Waals surface area contributed by atoms with Crippen LogP contribution in [0.1, 0.15) is 23.6 Å². The van der Waals surface area contributed by atoms with Crippen molar-refractivity contribution >= 4 is 10.9 Å². The van der Waals surface area contributed by atoms with Crippen LogP contribution in [0.25, 0.3) is 10.9 Å². The van der Waals surface area contributed by atoms with Gasteiger partial charge in [-0.05, 0) is 37.1 Å². The standard InChI is InChI=1S/C17H17NO/c1-12-5-3-6-13(11-12)17(2,19)15-7-4-8-16-14(15)9-10-18-16/h3-11,18-19H,1-2H3. The average molecular weight is 251 g/mol. The summed E-state index contributed by atoms with van der Waals surface area (Å²) < 4.78 is 0. The van der Waals surface area contributed by atoms with Crippen LogP contribution in [0.15, 0.2) is 54.7 Å². The van der Waals surface area contributed by atoms with Gasteiger partial charge in [-0.3, -0.25) is 0 Å². The van der Waals surface area contributed by atoms with Gasteiger partial charge in [-0.15, -0.1) is 0 Å². The van der Waals surface area contributed by atoms with Crippen LogP contribution in [-0.2, 0) is 5.60 Å². The van der Waals surface area contributed by atoms with Crippen LogP contribution in [0, 0.1) is 6.92 Å². The number of hydrogen-bond acceptors (Lipinski definition) is 1. The Kier molecular flexibility index (Phi) is 2.68. The average Bonchev–Trinajstić information content (AvgIpc) is 2.86. The third-order valence-electron chi connectivity index (χ3n) is 3.70. The number of hydrogen-bond donors (Lipinski definition) is 2. The summed E-state index contributed by atoms with van der Waals surface area (Å²) in [6.45, 7) is 3.89. The fourth-order valence-electron chi connectivity index (χ4n) is 2.61. The molecule has 2 N–H and O–H groups in total. The Morgan fingerprint density at radius 2 is 1.84 bits per heavy atom. The Morgan fingerprint density at radius 3 is 2.63 bits per heavy atom. The molecule has 0 saturated heterocycles. The zero-order valence-electron chi connectivity index (χ0n) is 11.1. The molecular weight excluding hydrogens is 234 g/mol. The Hall–Kier alpha value is -2.06. The molecule has 19 heavy (non-hydrogen) atoms. The summed E-state index contributed by atoms with van der Waals surface area (Å²) >= 11 is 0. The van der Waals surface area contributed by atoms with E-state index in [1.807, 2.05) is 68.6 Å². The lowest BCUT2D eigenvalue weighted by molar-refractivity contribution is 0.104. The first-order chi connectivity index (χ1) is 9.09. The molecule has 0 aliphatic heterocycles. The molecule has 3 aromatic rings. The fraction of sp³-hybridized carbons (Fsp3) is 0.176. The lowest BCUT2D eigenvalue weighted by Crippen LogP contribution is -2.23. The van der Waals surface area contributed by atoms with E-state index >= 15 is 0 Å². The van der Waals surface area contributed by atoms with Crippen molar-refractivity contribution in [2.75, 3.05) is 0 Å². The van der Waals surface area contributed by atoms with E-state index < -0.39 is 5.60 Å². The van der Waals surface area contributed by atoms with Gasteiger partial charge in [0.1, 0.15) is 5.60 Å². The van der Waals surface area contributed by atoms with E-state index in [9.17, 15) is 5.11 Å². The van der Waals surface area contributed by atoms with E-state index in [2.05, 4.69) is 4.98 Å². The summed E-state index contributed by atoms with van der Waals surface area (Å²) in [6.07, 6.45) is 1.90. The number of aliphatic hydroxyl groups is 1. The Labute approximate surface area is 112 Å². The highest BCUT2D eigenvalue weighted by atomic mass is 16.3. The Morgan fingerprint density at radius 1 is 1.05 bits per heavy atom. The van der Waals surface area contributed by atoms with Crippen molar-refractivity contribution in [2.24, 2.45) is 0 Å². The third kappa shape index (κ3) is 1.94. The van der Waals surface area contributed by atoms with E-state index in [4.69, 9.17) is 0 Å². The van der Waals surface area contributed by atoms with Gasteiger partial charge in [-0.25, -0.2) is 0 Å². The molecule has 1 heterocycles. The second kappa shape index (κ2) is 4.25. The minimum absolute atomic E-state index is 0.918.